The molecular weight excluding hydrogens is 352 g/mol. The highest BCUT2D eigenvalue weighted by atomic mass is 16.5. The molecule has 2 aromatic carbocycles. The number of carbonyl (C=O) groups is 2. The number of carbonyl (C=O) groups excluding carboxylic acids is 2. The second-order valence-corrected chi connectivity index (χ2v) is 7.56. The molecule has 146 valence electrons. The first-order chi connectivity index (χ1) is 13.7. The molecule has 0 saturated carbocycles. The summed E-state index contributed by atoms with van der Waals surface area (Å²) < 4.78 is 5.54. The van der Waals surface area contributed by atoms with E-state index in [4.69, 9.17) is 4.74 Å². The predicted molar refractivity (Wildman–Crippen MR) is 108 cm³/mol. The summed E-state index contributed by atoms with van der Waals surface area (Å²) in [6.07, 6.45) is 3.34. The van der Waals surface area contributed by atoms with E-state index in [-0.39, 0.29) is 11.8 Å². The van der Waals surface area contributed by atoms with Crippen LogP contribution in [0.1, 0.15) is 41.6 Å². The zero-order valence-corrected chi connectivity index (χ0v) is 16.0. The SMILES string of the molecule is O=C(c1ccccc1NC(=O)C1(c2ccccc2)CCOCC1)N1CCCC1. The maximum atomic E-state index is 13.5. The van der Waals surface area contributed by atoms with Crippen LogP contribution in [0, 0.1) is 0 Å². The minimum atomic E-state index is -0.636. The number of nitrogens with one attached hydrogen (secondary N) is 1. The lowest BCUT2D eigenvalue weighted by Gasteiger charge is -2.36. The topological polar surface area (TPSA) is 58.6 Å². The number of hydrogen-bond donors (Lipinski definition) is 1. The molecule has 2 saturated heterocycles. The number of amides is 2. The molecule has 2 aliphatic heterocycles. The van der Waals surface area contributed by atoms with Crippen molar-refractivity contribution >= 4 is 17.5 Å². The van der Waals surface area contributed by atoms with Crippen LogP contribution in [0.25, 0.3) is 0 Å². The van der Waals surface area contributed by atoms with Crippen LogP contribution in [0.2, 0.25) is 0 Å². The number of para-hydroxylation sites is 1. The standard InChI is InChI=1S/C23H26N2O3/c26-21(25-14-6-7-15-25)19-10-4-5-11-20(19)24-22(27)23(12-16-28-17-13-23)18-8-2-1-3-9-18/h1-5,8-11H,6-7,12-17H2,(H,24,27). The molecular formula is C23H26N2O3. The number of likely N-dealkylation sites (tertiary alicyclic amines) is 1. The Balaban J connectivity index is 1.63. The highest BCUT2D eigenvalue weighted by molar-refractivity contribution is 6.06. The number of benzene rings is 2. The van der Waals surface area contributed by atoms with Crippen molar-refractivity contribution in [2.45, 2.75) is 31.1 Å². The molecule has 0 aromatic heterocycles. The molecule has 4 rings (SSSR count). The summed E-state index contributed by atoms with van der Waals surface area (Å²) in [4.78, 5) is 28.3. The molecule has 0 aliphatic carbocycles. The summed E-state index contributed by atoms with van der Waals surface area (Å²) in [6, 6.07) is 17.2. The van der Waals surface area contributed by atoms with E-state index >= 15 is 0 Å². The average molecular weight is 378 g/mol. The number of ether oxygens (including phenoxy) is 1. The Morgan fingerprint density at radius 1 is 0.893 bits per heavy atom. The van der Waals surface area contributed by atoms with Crippen LogP contribution in [-0.2, 0) is 14.9 Å². The maximum absolute atomic E-state index is 13.5. The smallest absolute Gasteiger partial charge is 0.255 e. The van der Waals surface area contributed by atoms with Crippen LogP contribution in [-0.4, -0.2) is 43.0 Å². The molecule has 5 heteroatoms. The van der Waals surface area contributed by atoms with E-state index in [1.165, 1.54) is 0 Å². The summed E-state index contributed by atoms with van der Waals surface area (Å²) in [7, 11) is 0. The van der Waals surface area contributed by atoms with Crippen LogP contribution in [0.4, 0.5) is 5.69 Å². The lowest BCUT2D eigenvalue weighted by molar-refractivity contribution is -0.125. The fourth-order valence-electron chi connectivity index (χ4n) is 4.24. The number of anilines is 1. The molecule has 2 fully saturated rings. The molecule has 2 amide bonds. The molecule has 5 nitrogen and oxygen atoms in total. The van der Waals surface area contributed by atoms with Crippen LogP contribution < -0.4 is 5.32 Å². The average Bonchev–Trinajstić information content (AvgIpc) is 3.30. The Labute approximate surface area is 165 Å². The second-order valence-electron chi connectivity index (χ2n) is 7.56. The Hall–Kier alpha value is -2.66. The van der Waals surface area contributed by atoms with Crippen molar-refractivity contribution in [3.8, 4) is 0 Å². The van der Waals surface area contributed by atoms with Gasteiger partial charge in [0, 0.05) is 26.3 Å². The third kappa shape index (κ3) is 3.54. The van der Waals surface area contributed by atoms with Crippen molar-refractivity contribution in [3.63, 3.8) is 0 Å². The van der Waals surface area contributed by atoms with E-state index in [1.807, 2.05) is 53.4 Å². The van der Waals surface area contributed by atoms with Crippen LogP contribution in [0.15, 0.2) is 54.6 Å². The molecule has 28 heavy (non-hydrogen) atoms. The minimum absolute atomic E-state index is 0.00543. The van der Waals surface area contributed by atoms with Gasteiger partial charge in [-0.25, -0.2) is 0 Å². The van der Waals surface area contributed by atoms with Crippen molar-refractivity contribution in [3.05, 3.63) is 65.7 Å². The van der Waals surface area contributed by atoms with Gasteiger partial charge in [0.2, 0.25) is 5.91 Å². The monoisotopic (exact) mass is 378 g/mol. The van der Waals surface area contributed by atoms with Gasteiger partial charge in [0.25, 0.3) is 5.91 Å². The first kappa shape index (κ1) is 18.7. The predicted octanol–water partition coefficient (Wildman–Crippen LogP) is 3.61. The van der Waals surface area contributed by atoms with E-state index < -0.39 is 5.41 Å². The highest BCUT2D eigenvalue weighted by Gasteiger charge is 2.42. The number of rotatable bonds is 4. The van der Waals surface area contributed by atoms with Crippen molar-refractivity contribution < 1.29 is 14.3 Å². The fraction of sp³-hybridized carbons (Fsp3) is 0.391. The summed E-state index contributed by atoms with van der Waals surface area (Å²) in [5.74, 6) is -0.0715. The van der Waals surface area contributed by atoms with E-state index in [9.17, 15) is 9.59 Å². The van der Waals surface area contributed by atoms with Gasteiger partial charge in [0.15, 0.2) is 0 Å². The van der Waals surface area contributed by atoms with E-state index in [0.29, 0.717) is 37.3 Å². The lowest BCUT2D eigenvalue weighted by atomic mass is 9.73. The summed E-state index contributed by atoms with van der Waals surface area (Å²) >= 11 is 0. The third-order valence-electron chi connectivity index (χ3n) is 5.91. The van der Waals surface area contributed by atoms with Gasteiger partial charge in [-0.1, -0.05) is 42.5 Å². The first-order valence-corrected chi connectivity index (χ1v) is 10.0. The third-order valence-corrected chi connectivity index (χ3v) is 5.91. The Kier molecular flexibility index (Phi) is 5.44. The molecule has 2 aliphatic rings. The molecule has 0 spiro atoms. The van der Waals surface area contributed by atoms with Gasteiger partial charge < -0.3 is 15.0 Å². The fourth-order valence-corrected chi connectivity index (χ4v) is 4.24. The summed E-state index contributed by atoms with van der Waals surface area (Å²) in [5.41, 5.74) is 1.52. The van der Waals surface area contributed by atoms with Gasteiger partial charge in [-0.15, -0.1) is 0 Å². The maximum Gasteiger partial charge on any atom is 0.255 e. The number of nitrogens with zero attached hydrogens (tertiary/aromatic N) is 1. The molecule has 2 aromatic rings. The van der Waals surface area contributed by atoms with E-state index in [2.05, 4.69) is 5.32 Å². The summed E-state index contributed by atoms with van der Waals surface area (Å²) in [5, 5.41) is 3.08. The molecule has 1 N–H and O–H groups in total. The van der Waals surface area contributed by atoms with E-state index in [1.54, 1.807) is 6.07 Å². The van der Waals surface area contributed by atoms with Gasteiger partial charge >= 0.3 is 0 Å². The first-order valence-electron chi connectivity index (χ1n) is 10.0. The number of hydrogen-bond acceptors (Lipinski definition) is 3. The van der Waals surface area contributed by atoms with Gasteiger partial charge in [-0.2, -0.15) is 0 Å². The zero-order chi connectivity index (χ0) is 19.4. The van der Waals surface area contributed by atoms with Crippen LogP contribution in [0.5, 0.6) is 0 Å². The highest BCUT2D eigenvalue weighted by Crippen LogP contribution is 2.36. The van der Waals surface area contributed by atoms with Crippen molar-refractivity contribution in [2.75, 3.05) is 31.6 Å². The molecule has 0 atom stereocenters. The second kappa shape index (κ2) is 8.15. The normalized spacial score (nSPS) is 18.6. The minimum Gasteiger partial charge on any atom is -0.381 e. The van der Waals surface area contributed by atoms with Crippen molar-refractivity contribution in [2.24, 2.45) is 0 Å². The Morgan fingerprint density at radius 3 is 2.25 bits per heavy atom. The lowest BCUT2D eigenvalue weighted by Crippen LogP contribution is -2.45. The molecule has 0 unspecified atom stereocenters. The molecule has 2 heterocycles. The summed E-state index contributed by atoms with van der Waals surface area (Å²) in [6.45, 7) is 2.67. The van der Waals surface area contributed by atoms with Crippen molar-refractivity contribution in [1.29, 1.82) is 0 Å². The largest absolute Gasteiger partial charge is 0.381 e. The molecule has 0 radical (unpaired) electrons. The zero-order valence-electron chi connectivity index (χ0n) is 16.0. The van der Waals surface area contributed by atoms with Gasteiger partial charge in [0.1, 0.15) is 0 Å². The van der Waals surface area contributed by atoms with E-state index in [0.717, 1.165) is 31.5 Å². The quantitative estimate of drug-likeness (QED) is 0.884. The van der Waals surface area contributed by atoms with Gasteiger partial charge in [-0.05, 0) is 43.4 Å². The van der Waals surface area contributed by atoms with Crippen LogP contribution >= 0.6 is 0 Å². The Bertz CT molecular complexity index is 838. The van der Waals surface area contributed by atoms with Crippen molar-refractivity contribution in [1.82, 2.24) is 4.90 Å². The van der Waals surface area contributed by atoms with Gasteiger partial charge in [0.05, 0.1) is 16.7 Å². The molecule has 0 bridgehead atoms. The van der Waals surface area contributed by atoms with Gasteiger partial charge in [-0.3, -0.25) is 9.59 Å². The Morgan fingerprint density at radius 2 is 1.54 bits per heavy atom. The van der Waals surface area contributed by atoms with Crippen LogP contribution in [0.3, 0.4) is 0 Å².